The Kier molecular flexibility index (Phi) is 138. The highest BCUT2D eigenvalue weighted by Crippen LogP contribution is 2.00. The normalized spacial score (nSPS) is 9.60. The summed E-state index contributed by atoms with van der Waals surface area (Å²) in [6.07, 6.45) is 37.4. The van der Waals surface area contributed by atoms with E-state index in [1.807, 2.05) is 6.20 Å². The number of aryl methyl sites for hydroxylation is 1. The first kappa shape index (κ1) is 91.2. The monoisotopic (exact) mass is 1050 g/mol. The van der Waals surface area contributed by atoms with E-state index in [1.165, 1.54) is 166 Å². The van der Waals surface area contributed by atoms with E-state index < -0.39 is 0 Å². The highest BCUT2D eigenvalue weighted by Gasteiger charge is 1.91. The van der Waals surface area contributed by atoms with E-state index in [9.17, 15) is 0 Å². The number of unbranched alkanes of at least 4 members (excludes halogenated alkanes) is 14. The van der Waals surface area contributed by atoms with Crippen LogP contribution in [0.4, 0.5) is 0 Å². The topological polar surface area (TPSA) is 297 Å². The summed E-state index contributed by atoms with van der Waals surface area (Å²) in [6, 6.07) is 0. The molecule has 0 saturated carbocycles. The number of nitrogens with one attached hydrogen (secondary N) is 6. The predicted molar refractivity (Wildman–Crippen MR) is 337 cm³/mol. The Hall–Kier alpha value is -1.31. The molecule has 0 radical (unpaired) electrons. The second kappa shape index (κ2) is 111. The molecule has 1 rings (SSSR count). The molecule has 0 aliphatic rings. The average molecular weight is 1050 g/mol. The molecule has 0 atom stereocenters. The lowest BCUT2D eigenvalue weighted by atomic mass is 10.2. The Morgan fingerprint density at radius 3 is 0.959 bits per heavy atom. The van der Waals surface area contributed by atoms with Crippen LogP contribution in [0.25, 0.3) is 0 Å². The summed E-state index contributed by atoms with van der Waals surface area (Å²) in [7, 11) is 0. The van der Waals surface area contributed by atoms with Gasteiger partial charge in [0.15, 0.2) is 0 Å². The molecule has 452 valence electrons. The number of nitrogens with two attached hydrogens (primary N) is 8. The first-order valence-electron chi connectivity index (χ1n) is 30.4. The number of aromatic nitrogens is 2. The smallest absolute Gasteiger partial charge is 0.0921 e. The summed E-state index contributed by atoms with van der Waals surface area (Å²) in [4.78, 5) is 6.91. The summed E-state index contributed by atoms with van der Waals surface area (Å²) >= 11 is 0. The summed E-state index contributed by atoms with van der Waals surface area (Å²) < 4.78 is 0. The highest BCUT2D eigenvalue weighted by atomic mass is 14.9. The Balaban J connectivity index is -0.0000000919. The van der Waals surface area contributed by atoms with Crippen molar-refractivity contribution in [3.63, 3.8) is 0 Å². The van der Waals surface area contributed by atoms with Crippen LogP contribution in [0.15, 0.2) is 12.5 Å². The van der Waals surface area contributed by atoms with Crippen molar-refractivity contribution < 1.29 is 0 Å². The molecule has 15 heteroatoms. The van der Waals surface area contributed by atoms with Gasteiger partial charge in [-0.25, -0.2) is 4.98 Å². The standard InChI is InChI=1S/C11H27N3.C8H20N2.C7H19N3.C7H17N.C6H10N2.C6H15N.C5H13N.C4H11N.C3H9N.CH4/c1-2-3-8-13-9-4-5-10-14-11-6-7-12;1-2-3-4-7-10-8-5-6-9;1-2-4-9-6-7-10-5-3-8;1-2-3-4-5-6-7-8;1-2-3-6-4-7-5-8-6;1-2-3-4-5-6-7;1-2-3-4-5-6;1-2-3-4-5;1-2-3-4;/h13-14H,2-12H2,1H3;10H,2-9H2,1H3;9-10H,2-8H2,1H3;2-8H2,1H3;4-5H,2-3H2,1H3,(H,7,8);2-7H2,1H3;2-6H2,1H3;2-5H2,1H3;2-4H2,1H3;1H4. The molecule has 1 aromatic rings. The molecule has 0 aliphatic carbocycles. The number of rotatable bonds is 42. The number of hydrogen-bond acceptors (Lipinski definition) is 14. The fourth-order valence-electron chi connectivity index (χ4n) is 5.44. The summed E-state index contributed by atoms with van der Waals surface area (Å²) in [5, 5.41) is 16.7. The van der Waals surface area contributed by atoms with Crippen LogP contribution >= 0.6 is 0 Å². The van der Waals surface area contributed by atoms with Crippen molar-refractivity contribution >= 4 is 0 Å². The number of imidazole rings is 1. The lowest BCUT2D eigenvalue weighted by Gasteiger charge is -2.05. The van der Waals surface area contributed by atoms with Crippen molar-refractivity contribution in [2.75, 3.05) is 118 Å². The molecular formula is C58H145N15. The van der Waals surface area contributed by atoms with Gasteiger partial charge in [0, 0.05) is 38.1 Å². The summed E-state index contributed by atoms with van der Waals surface area (Å²) in [6.45, 7) is 37.0. The van der Waals surface area contributed by atoms with Crippen LogP contribution in [0.3, 0.4) is 0 Å². The highest BCUT2D eigenvalue weighted by molar-refractivity contribution is 4.93. The quantitative estimate of drug-likeness (QED) is 0.0272. The minimum atomic E-state index is 0. The van der Waals surface area contributed by atoms with Gasteiger partial charge in [-0.3, -0.25) is 0 Å². The molecule has 15 nitrogen and oxygen atoms in total. The van der Waals surface area contributed by atoms with Crippen LogP contribution in [0.5, 0.6) is 0 Å². The molecule has 0 aliphatic heterocycles. The van der Waals surface area contributed by atoms with Crippen molar-refractivity contribution in [3.05, 3.63) is 18.2 Å². The van der Waals surface area contributed by atoms with Crippen molar-refractivity contribution in [2.24, 2.45) is 45.9 Å². The van der Waals surface area contributed by atoms with Crippen LogP contribution in [-0.2, 0) is 6.42 Å². The lowest BCUT2D eigenvalue weighted by Crippen LogP contribution is -2.30. The van der Waals surface area contributed by atoms with Crippen LogP contribution < -0.4 is 72.5 Å². The molecule has 1 aromatic heterocycles. The number of H-pyrrole nitrogens is 1. The molecule has 0 fully saturated rings. The molecule has 0 spiro atoms. The third kappa shape index (κ3) is 141. The molecule has 0 amide bonds. The molecular weight excluding hydrogens is 907 g/mol. The van der Waals surface area contributed by atoms with Gasteiger partial charge < -0.3 is 77.4 Å². The van der Waals surface area contributed by atoms with Crippen molar-refractivity contribution in [1.29, 1.82) is 0 Å². The van der Waals surface area contributed by atoms with Gasteiger partial charge in [0.05, 0.1) is 6.33 Å². The van der Waals surface area contributed by atoms with Gasteiger partial charge in [0.25, 0.3) is 0 Å². The predicted octanol–water partition coefficient (Wildman–Crippen LogP) is 9.42. The van der Waals surface area contributed by atoms with Gasteiger partial charge in [-0.1, -0.05) is 160 Å². The second-order valence-corrected chi connectivity index (χ2v) is 17.9. The molecule has 0 aromatic carbocycles. The summed E-state index contributed by atoms with van der Waals surface area (Å²) in [5.74, 6) is 0. The van der Waals surface area contributed by atoms with E-state index in [4.69, 9.17) is 45.9 Å². The first-order valence-corrected chi connectivity index (χ1v) is 30.4. The van der Waals surface area contributed by atoms with Crippen LogP contribution in [0.2, 0.25) is 0 Å². The van der Waals surface area contributed by atoms with Gasteiger partial charge in [-0.2, -0.15) is 0 Å². The zero-order valence-electron chi connectivity index (χ0n) is 50.5. The van der Waals surface area contributed by atoms with E-state index in [0.717, 1.165) is 130 Å². The fourth-order valence-corrected chi connectivity index (χ4v) is 5.44. The van der Waals surface area contributed by atoms with Crippen LogP contribution in [0.1, 0.15) is 242 Å². The Bertz CT molecular complexity index is 765. The number of hydrogen-bond donors (Lipinski definition) is 14. The maximum atomic E-state index is 5.39. The first-order chi connectivity index (χ1) is 35.2. The largest absolute Gasteiger partial charge is 0.348 e. The van der Waals surface area contributed by atoms with E-state index in [0.29, 0.717) is 0 Å². The minimum Gasteiger partial charge on any atom is -0.348 e. The fraction of sp³-hybridized carbons (Fsp3) is 0.948. The Morgan fingerprint density at radius 2 is 0.630 bits per heavy atom. The molecule has 0 saturated heterocycles. The van der Waals surface area contributed by atoms with E-state index in [2.05, 4.69) is 98.9 Å². The molecule has 0 unspecified atom stereocenters. The third-order valence-electron chi connectivity index (χ3n) is 10.1. The van der Waals surface area contributed by atoms with Gasteiger partial charge in [-0.05, 0) is 175 Å². The molecule has 0 bridgehead atoms. The van der Waals surface area contributed by atoms with E-state index in [1.54, 1.807) is 6.33 Å². The van der Waals surface area contributed by atoms with Gasteiger partial charge >= 0.3 is 0 Å². The zero-order chi connectivity index (χ0) is 55.8. The van der Waals surface area contributed by atoms with Gasteiger partial charge in [0.1, 0.15) is 0 Å². The van der Waals surface area contributed by atoms with Crippen molar-refractivity contribution in [3.8, 4) is 0 Å². The maximum Gasteiger partial charge on any atom is 0.0921 e. The SMILES string of the molecule is C.CCCCCCCN.CCCCCCN.CCCCCN.CCCCCNCCCN.CCCCN.CCCCNCCCCNCCCN.CCCN.CCCNCCNCCN.CCCc1cnc[nH]1. The Morgan fingerprint density at radius 1 is 0.301 bits per heavy atom. The van der Waals surface area contributed by atoms with Crippen molar-refractivity contribution in [2.45, 2.75) is 243 Å². The van der Waals surface area contributed by atoms with Crippen LogP contribution in [0, 0.1) is 0 Å². The molecule has 73 heavy (non-hydrogen) atoms. The van der Waals surface area contributed by atoms with Crippen molar-refractivity contribution in [1.82, 2.24) is 36.6 Å². The number of nitrogens with zero attached hydrogens (tertiary/aromatic N) is 1. The minimum absolute atomic E-state index is 0. The van der Waals surface area contributed by atoms with Gasteiger partial charge in [0.2, 0.25) is 0 Å². The molecule has 1 heterocycles. The molecule has 22 N–H and O–H groups in total. The van der Waals surface area contributed by atoms with Gasteiger partial charge in [-0.15, -0.1) is 0 Å². The maximum absolute atomic E-state index is 5.39. The van der Waals surface area contributed by atoms with Crippen LogP contribution in [-0.4, -0.2) is 128 Å². The lowest BCUT2D eigenvalue weighted by molar-refractivity contribution is 0.567. The number of aromatic amines is 1. The zero-order valence-corrected chi connectivity index (χ0v) is 50.5. The second-order valence-electron chi connectivity index (χ2n) is 17.9. The summed E-state index contributed by atoms with van der Waals surface area (Å²) in [5.41, 5.74) is 43.2. The van der Waals surface area contributed by atoms with E-state index in [-0.39, 0.29) is 7.43 Å². The third-order valence-corrected chi connectivity index (χ3v) is 10.1. The average Bonchev–Trinajstić information content (AvgIpc) is 3.93. The van der Waals surface area contributed by atoms with E-state index >= 15 is 0 Å². The Labute approximate surface area is 459 Å².